The summed E-state index contributed by atoms with van der Waals surface area (Å²) in [6, 6.07) is 14.5. The summed E-state index contributed by atoms with van der Waals surface area (Å²) in [5, 5.41) is 10.9. The van der Waals surface area contributed by atoms with Gasteiger partial charge in [-0.25, -0.2) is 0 Å². The van der Waals surface area contributed by atoms with Crippen molar-refractivity contribution in [2.75, 3.05) is 13.1 Å². The van der Waals surface area contributed by atoms with Crippen molar-refractivity contribution in [1.29, 1.82) is 0 Å². The zero-order valence-corrected chi connectivity index (χ0v) is 14.8. The second-order valence-electron chi connectivity index (χ2n) is 7.12. The predicted octanol–water partition coefficient (Wildman–Crippen LogP) is 3.12. The molecule has 2 aromatic carbocycles. The van der Waals surface area contributed by atoms with Gasteiger partial charge in [-0.15, -0.1) is 0 Å². The Bertz CT molecular complexity index is 954. The Hall–Kier alpha value is -2.59. The molecule has 1 aliphatic rings. The van der Waals surface area contributed by atoms with Crippen LogP contribution in [0.15, 0.2) is 57.7 Å². The zero-order valence-electron chi connectivity index (χ0n) is 14.8. The number of hydrogen-bond donors (Lipinski definition) is 2. The average Bonchev–Trinajstić information content (AvgIpc) is 2.93. The lowest BCUT2D eigenvalue weighted by molar-refractivity contribution is -0.913. The Morgan fingerprint density at radius 2 is 1.69 bits per heavy atom. The van der Waals surface area contributed by atoms with E-state index < -0.39 is 0 Å². The van der Waals surface area contributed by atoms with Gasteiger partial charge in [-0.2, -0.15) is 0 Å². The molecule has 26 heavy (non-hydrogen) atoms. The molecule has 0 radical (unpaired) electrons. The lowest BCUT2D eigenvalue weighted by Gasteiger charge is -2.18. The molecule has 0 atom stereocenters. The van der Waals surface area contributed by atoms with Gasteiger partial charge in [0.2, 0.25) is 0 Å². The van der Waals surface area contributed by atoms with E-state index in [1.54, 1.807) is 18.2 Å². The molecule has 2 N–H and O–H groups in total. The summed E-state index contributed by atoms with van der Waals surface area (Å²) in [6.45, 7) is 2.84. The van der Waals surface area contributed by atoms with Crippen molar-refractivity contribution in [3.05, 3.63) is 64.3 Å². The summed E-state index contributed by atoms with van der Waals surface area (Å²) in [7, 11) is 0. The molecule has 4 rings (SSSR count). The minimum absolute atomic E-state index is 0.0924. The van der Waals surface area contributed by atoms with Crippen LogP contribution in [0.4, 0.5) is 0 Å². The maximum atomic E-state index is 12.9. The molecule has 4 nitrogen and oxygen atoms in total. The fraction of sp³-hybridized carbons (Fsp3) is 0.318. The minimum atomic E-state index is -0.0924. The number of nitrogens with one attached hydrogen (secondary N) is 1. The third-order valence-electron chi connectivity index (χ3n) is 5.27. The Morgan fingerprint density at radius 1 is 0.962 bits per heavy atom. The van der Waals surface area contributed by atoms with E-state index in [0.29, 0.717) is 28.8 Å². The average molecular weight is 350 g/mol. The van der Waals surface area contributed by atoms with Crippen molar-refractivity contribution in [2.45, 2.75) is 32.2 Å². The van der Waals surface area contributed by atoms with E-state index in [-0.39, 0.29) is 11.2 Å². The van der Waals surface area contributed by atoms with Crippen LogP contribution >= 0.6 is 0 Å². The van der Waals surface area contributed by atoms with Crippen LogP contribution in [-0.4, -0.2) is 18.2 Å². The second-order valence-corrected chi connectivity index (χ2v) is 7.12. The predicted molar refractivity (Wildman–Crippen MR) is 102 cm³/mol. The molecule has 4 heteroatoms. The van der Waals surface area contributed by atoms with Crippen LogP contribution in [-0.2, 0) is 6.54 Å². The molecular weight excluding hydrogens is 326 g/mol. The van der Waals surface area contributed by atoms with Gasteiger partial charge < -0.3 is 14.4 Å². The van der Waals surface area contributed by atoms with Gasteiger partial charge in [-0.05, 0) is 37.8 Å². The van der Waals surface area contributed by atoms with Crippen LogP contribution < -0.4 is 10.3 Å². The van der Waals surface area contributed by atoms with E-state index in [1.807, 2.05) is 30.3 Å². The Labute approximate surface area is 152 Å². The van der Waals surface area contributed by atoms with Crippen molar-refractivity contribution < 1.29 is 14.4 Å². The Morgan fingerprint density at radius 3 is 2.42 bits per heavy atom. The van der Waals surface area contributed by atoms with E-state index in [0.717, 1.165) is 18.7 Å². The molecule has 2 heterocycles. The quantitative estimate of drug-likeness (QED) is 0.763. The van der Waals surface area contributed by atoms with Crippen molar-refractivity contribution in [3.63, 3.8) is 0 Å². The van der Waals surface area contributed by atoms with Crippen molar-refractivity contribution in [3.8, 4) is 17.1 Å². The molecule has 1 aliphatic heterocycles. The van der Waals surface area contributed by atoms with Crippen molar-refractivity contribution in [2.24, 2.45) is 0 Å². The fourth-order valence-electron chi connectivity index (χ4n) is 3.89. The second kappa shape index (κ2) is 7.34. The van der Waals surface area contributed by atoms with E-state index in [4.69, 9.17) is 4.42 Å². The zero-order chi connectivity index (χ0) is 17.9. The summed E-state index contributed by atoms with van der Waals surface area (Å²) < 4.78 is 6.02. The molecule has 0 aliphatic carbocycles. The molecule has 0 amide bonds. The van der Waals surface area contributed by atoms with Gasteiger partial charge in [0.15, 0.2) is 5.43 Å². The number of hydrogen-bond acceptors (Lipinski definition) is 3. The number of aromatic hydroxyl groups is 1. The molecule has 1 aromatic heterocycles. The molecule has 0 unspecified atom stereocenters. The Kier molecular flexibility index (Phi) is 4.76. The fourth-order valence-corrected chi connectivity index (χ4v) is 3.89. The van der Waals surface area contributed by atoms with Gasteiger partial charge in [0, 0.05) is 11.6 Å². The summed E-state index contributed by atoms with van der Waals surface area (Å²) in [5.74, 6) is 0.746. The van der Waals surface area contributed by atoms with Crippen molar-refractivity contribution >= 4 is 11.0 Å². The van der Waals surface area contributed by atoms with Gasteiger partial charge in [0.05, 0.1) is 24.0 Å². The number of benzene rings is 2. The van der Waals surface area contributed by atoms with E-state index in [2.05, 4.69) is 0 Å². The van der Waals surface area contributed by atoms with Crippen molar-refractivity contribution in [1.82, 2.24) is 0 Å². The molecule has 3 aromatic rings. The number of quaternary nitrogens is 1. The number of fused-ring (bicyclic) bond motifs is 1. The molecular formula is C22H24NO3+. The first-order valence-corrected chi connectivity index (χ1v) is 9.40. The lowest BCUT2D eigenvalue weighted by atomic mass is 10.1. The third kappa shape index (κ3) is 3.37. The van der Waals surface area contributed by atoms with Crippen LogP contribution in [0, 0.1) is 0 Å². The first-order valence-electron chi connectivity index (χ1n) is 9.40. The molecule has 134 valence electrons. The maximum absolute atomic E-state index is 12.9. The highest BCUT2D eigenvalue weighted by Crippen LogP contribution is 2.28. The normalized spacial score (nSPS) is 15.8. The smallest absolute Gasteiger partial charge is 0.193 e. The number of likely N-dealkylation sites (tertiary alicyclic amines) is 1. The number of phenolic OH excluding ortho intramolecular Hbond substituents is 1. The van der Waals surface area contributed by atoms with Crippen LogP contribution in [0.1, 0.15) is 31.2 Å². The van der Waals surface area contributed by atoms with Crippen LogP contribution in [0.5, 0.6) is 5.75 Å². The minimum Gasteiger partial charge on any atom is -0.507 e. The highest BCUT2D eigenvalue weighted by Gasteiger charge is 2.20. The van der Waals surface area contributed by atoms with Gasteiger partial charge in [0.25, 0.3) is 0 Å². The first kappa shape index (κ1) is 16.9. The monoisotopic (exact) mass is 350 g/mol. The van der Waals surface area contributed by atoms with E-state index >= 15 is 0 Å². The maximum Gasteiger partial charge on any atom is 0.193 e. The summed E-state index contributed by atoms with van der Waals surface area (Å²) in [6.07, 6.45) is 4.95. The molecule has 0 spiro atoms. The van der Waals surface area contributed by atoms with Gasteiger partial charge in [0.1, 0.15) is 23.6 Å². The molecule has 1 saturated heterocycles. The highest BCUT2D eigenvalue weighted by atomic mass is 16.3. The summed E-state index contributed by atoms with van der Waals surface area (Å²) >= 11 is 0. The SMILES string of the molecule is O=c1cc(-c2ccccc2)oc2ccc(O)c(C[NH+]3CCCCCC3)c12. The topological polar surface area (TPSA) is 54.9 Å². The molecule has 0 saturated carbocycles. The number of rotatable bonds is 3. The largest absolute Gasteiger partial charge is 0.507 e. The highest BCUT2D eigenvalue weighted by molar-refractivity contribution is 5.84. The van der Waals surface area contributed by atoms with Crippen LogP contribution in [0.3, 0.4) is 0 Å². The van der Waals surface area contributed by atoms with Gasteiger partial charge >= 0.3 is 0 Å². The summed E-state index contributed by atoms with van der Waals surface area (Å²) in [5.41, 5.74) is 2.04. The van der Waals surface area contributed by atoms with Crippen LogP contribution in [0.2, 0.25) is 0 Å². The van der Waals surface area contributed by atoms with E-state index in [9.17, 15) is 9.90 Å². The number of phenols is 1. The van der Waals surface area contributed by atoms with Gasteiger partial charge in [-0.3, -0.25) is 4.79 Å². The van der Waals surface area contributed by atoms with Crippen LogP contribution in [0.25, 0.3) is 22.3 Å². The lowest BCUT2D eigenvalue weighted by Crippen LogP contribution is -3.10. The van der Waals surface area contributed by atoms with E-state index in [1.165, 1.54) is 30.6 Å². The molecule has 1 fully saturated rings. The molecule has 0 bridgehead atoms. The Balaban J connectivity index is 1.78. The standard InChI is InChI=1S/C22H23NO3/c24-18-10-11-20-22(17(18)15-23-12-6-1-2-7-13-23)19(25)14-21(26-20)16-8-4-3-5-9-16/h3-5,8-11,14,24H,1-2,6-7,12-13,15H2/p+1. The summed E-state index contributed by atoms with van der Waals surface area (Å²) in [4.78, 5) is 14.3. The first-order chi connectivity index (χ1) is 12.7. The van der Waals surface area contributed by atoms with Gasteiger partial charge in [-0.1, -0.05) is 30.3 Å². The third-order valence-corrected chi connectivity index (χ3v) is 5.27.